The van der Waals surface area contributed by atoms with Crippen LogP contribution in [0.1, 0.15) is 45.0 Å². The van der Waals surface area contributed by atoms with Gasteiger partial charge in [0.15, 0.2) is 0 Å². The van der Waals surface area contributed by atoms with Crippen LogP contribution in [0.4, 0.5) is 25.0 Å². The number of urea groups is 1. The number of nitrogens with one attached hydrogen (secondary N) is 1. The second-order valence-corrected chi connectivity index (χ2v) is 8.66. The molecule has 8 nitrogen and oxygen atoms in total. The maximum absolute atomic E-state index is 12.9. The first-order valence-corrected chi connectivity index (χ1v) is 9.81. The molecule has 2 aliphatic heterocycles. The second-order valence-electron chi connectivity index (χ2n) is 8.66. The monoisotopic (exact) mass is 418 g/mol. The second kappa shape index (κ2) is 7.33. The van der Waals surface area contributed by atoms with Crippen LogP contribution in [0.25, 0.3) is 0 Å². The molecule has 0 radical (unpaired) electrons. The molecule has 0 bridgehead atoms. The van der Waals surface area contributed by atoms with E-state index in [4.69, 9.17) is 0 Å². The van der Waals surface area contributed by atoms with Gasteiger partial charge in [-0.1, -0.05) is 13.8 Å². The van der Waals surface area contributed by atoms with E-state index in [0.717, 1.165) is 17.4 Å². The highest BCUT2D eigenvalue weighted by Gasteiger charge is 2.39. The third kappa shape index (κ3) is 3.73. The average Bonchev–Trinajstić information content (AvgIpc) is 3.19. The molecule has 1 fully saturated rings. The number of nitrogens with zero attached hydrogens (tertiary/aromatic N) is 5. The van der Waals surface area contributed by atoms with Crippen LogP contribution < -0.4 is 10.2 Å². The predicted octanol–water partition coefficient (Wildman–Crippen LogP) is 3.41. The molecule has 2 aromatic rings. The first kappa shape index (κ1) is 20.2. The fourth-order valence-corrected chi connectivity index (χ4v) is 4.02. The summed E-state index contributed by atoms with van der Waals surface area (Å²) in [5.74, 6) is 0.0433. The van der Waals surface area contributed by atoms with Crippen LogP contribution in [0, 0.1) is 5.41 Å². The summed E-state index contributed by atoms with van der Waals surface area (Å²) in [4.78, 5) is 32.4. The number of pyridine rings is 1. The zero-order valence-corrected chi connectivity index (χ0v) is 17.1. The van der Waals surface area contributed by atoms with Gasteiger partial charge in [0.05, 0.1) is 36.7 Å². The van der Waals surface area contributed by atoms with E-state index in [1.165, 1.54) is 12.3 Å². The van der Waals surface area contributed by atoms with Crippen LogP contribution in [-0.4, -0.2) is 44.2 Å². The minimum Gasteiger partial charge on any atom is -0.314 e. The molecule has 3 amide bonds. The lowest BCUT2D eigenvalue weighted by molar-refractivity contribution is -0.117. The molecule has 1 saturated heterocycles. The fraction of sp³-hybridized carbons (Fsp3) is 0.500. The van der Waals surface area contributed by atoms with Gasteiger partial charge in [-0.25, -0.2) is 13.6 Å². The van der Waals surface area contributed by atoms with Gasteiger partial charge in [0.25, 0.3) is 6.43 Å². The number of hydrogen-bond donors (Lipinski definition) is 1. The number of hydrogen-bond acceptors (Lipinski definition) is 4. The van der Waals surface area contributed by atoms with Crippen LogP contribution >= 0.6 is 0 Å². The van der Waals surface area contributed by atoms with E-state index >= 15 is 0 Å². The molecule has 160 valence electrons. The zero-order chi connectivity index (χ0) is 21.6. The SMILES string of the molecule is CC1Cn2ncc(N3CC(C)(C)CC3=O)c2CN1C(=O)Nc1ccnc(C(F)F)c1. The van der Waals surface area contributed by atoms with Crippen molar-refractivity contribution in [2.75, 3.05) is 16.8 Å². The number of carbonyl (C=O) groups excluding carboxylic acids is 2. The molecule has 2 aliphatic rings. The molecule has 1 atom stereocenters. The molecule has 0 aromatic carbocycles. The quantitative estimate of drug-likeness (QED) is 0.828. The van der Waals surface area contributed by atoms with Crippen LogP contribution in [0.15, 0.2) is 24.5 Å². The normalized spacial score (nSPS) is 20.6. The molecule has 30 heavy (non-hydrogen) atoms. The van der Waals surface area contributed by atoms with Gasteiger partial charge in [-0.15, -0.1) is 0 Å². The molecular weight excluding hydrogens is 394 g/mol. The predicted molar refractivity (Wildman–Crippen MR) is 106 cm³/mol. The van der Waals surface area contributed by atoms with Gasteiger partial charge in [0, 0.05) is 24.8 Å². The zero-order valence-electron chi connectivity index (χ0n) is 17.1. The van der Waals surface area contributed by atoms with Crippen molar-refractivity contribution < 1.29 is 18.4 Å². The van der Waals surface area contributed by atoms with Crippen LogP contribution in [0.3, 0.4) is 0 Å². The van der Waals surface area contributed by atoms with E-state index < -0.39 is 18.2 Å². The first-order valence-electron chi connectivity index (χ1n) is 9.81. The number of alkyl halides is 2. The number of halogens is 2. The van der Waals surface area contributed by atoms with E-state index in [-0.39, 0.29) is 29.6 Å². The Hall–Kier alpha value is -3.04. The summed E-state index contributed by atoms with van der Waals surface area (Å²) in [5, 5.41) is 7.09. The number of aromatic nitrogens is 3. The summed E-state index contributed by atoms with van der Waals surface area (Å²) in [6.45, 7) is 7.33. The first-order chi connectivity index (χ1) is 14.1. The van der Waals surface area contributed by atoms with Crippen molar-refractivity contribution in [3.05, 3.63) is 35.9 Å². The Labute approximate surface area is 172 Å². The van der Waals surface area contributed by atoms with Crippen molar-refractivity contribution in [1.82, 2.24) is 19.7 Å². The van der Waals surface area contributed by atoms with Crippen molar-refractivity contribution in [2.24, 2.45) is 5.41 Å². The Balaban J connectivity index is 1.54. The maximum atomic E-state index is 12.9. The molecule has 0 spiro atoms. The Morgan fingerprint density at radius 1 is 1.37 bits per heavy atom. The molecule has 10 heteroatoms. The van der Waals surface area contributed by atoms with Gasteiger partial charge < -0.3 is 15.1 Å². The number of rotatable bonds is 3. The van der Waals surface area contributed by atoms with Gasteiger partial charge >= 0.3 is 6.03 Å². The van der Waals surface area contributed by atoms with Crippen molar-refractivity contribution in [3.63, 3.8) is 0 Å². The lowest BCUT2D eigenvalue weighted by Crippen LogP contribution is -2.47. The molecule has 4 heterocycles. The number of anilines is 2. The van der Waals surface area contributed by atoms with E-state index in [9.17, 15) is 18.4 Å². The Bertz CT molecular complexity index is 989. The molecule has 0 aliphatic carbocycles. The average molecular weight is 418 g/mol. The Kier molecular flexibility index (Phi) is 4.95. The molecule has 1 N–H and O–H groups in total. The Morgan fingerprint density at radius 2 is 2.13 bits per heavy atom. The number of carbonyl (C=O) groups is 2. The smallest absolute Gasteiger partial charge is 0.314 e. The third-order valence-electron chi connectivity index (χ3n) is 5.54. The topological polar surface area (TPSA) is 83.4 Å². The van der Waals surface area contributed by atoms with Gasteiger partial charge in [-0.2, -0.15) is 5.10 Å². The molecule has 4 rings (SSSR count). The fourth-order valence-electron chi connectivity index (χ4n) is 4.02. The molecular formula is C20H24F2N6O2. The van der Waals surface area contributed by atoms with Crippen molar-refractivity contribution >= 4 is 23.3 Å². The summed E-state index contributed by atoms with van der Waals surface area (Å²) < 4.78 is 27.6. The Morgan fingerprint density at radius 3 is 2.80 bits per heavy atom. The standard InChI is InChI=1S/C20H24F2N6O2/c1-12-9-28-16(15(8-24-28)27-11-20(2,3)7-17(27)29)10-26(12)19(30)25-13-4-5-23-14(6-13)18(21)22/h4-6,8,12,18H,7,9-11H2,1-3H3,(H,23,25,30). The maximum Gasteiger partial charge on any atom is 0.322 e. The lowest BCUT2D eigenvalue weighted by atomic mass is 9.93. The largest absolute Gasteiger partial charge is 0.322 e. The summed E-state index contributed by atoms with van der Waals surface area (Å²) in [6.07, 6.45) is 0.674. The van der Waals surface area contributed by atoms with Crippen molar-refractivity contribution in [2.45, 2.75) is 52.7 Å². The van der Waals surface area contributed by atoms with Gasteiger partial charge in [-0.05, 0) is 24.5 Å². The molecule has 1 unspecified atom stereocenters. The van der Waals surface area contributed by atoms with Gasteiger partial charge in [0.1, 0.15) is 5.69 Å². The highest BCUT2D eigenvalue weighted by molar-refractivity contribution is 5.97. The summed E-state index contributed by atoms with van der Waals surface area (Å²) >= 11 is 0. The molecule has 0 saturated carbocycles. The van der Waals surface area contributed by atoms with E-state index in [1.807, 2.05) is 25.5 Å². The van der Waals surface area contributed by atoms with Gasteiger partial charge in [-0.3, -0.25) is 14.5 Å². The minimum absolute atomic E-state index is 0.0433. The van der Waals surface area contributed by atoms with E-state index in [2.05, 4.69) is 15.4 Å². The van der Waals surface area contributed by atoms with Crippen LogP contribution in [-0.2, 0) is 17.9 Å². The third-order valence-corrected chi connectivity index (χ3v) is 5.54. The summed E-state index contributed by atoms with van der Waals surface area (Å²) in [5.41, 5.74) is 1.26. The van der Waals surface area contributed by atoms with Gasteiger partial charge in [0.2, 0.25) is 5.91 Å². The lowest BCUT2D eigenvalue weighted by Gasteiger charge is -2.35. The highest BCUT2D eigenvalue weighted by atomic mass is 19.3. The van der Waals surface area contributed by atoms with Crippen molar-refractivity contribution in [1.29, 1.82) is 0 Å². The molecule has 2 aromatic heterocycles. The highest BCUT2D eigenvalue weighted by Crippen LogP contribution is 2.36. The minimum atomic E-state index is -2.71. The van der Waals surface area contributed by atoms with Crippen LogP contribution in [0.5, 0.6) is 0 Å². The van der Waals surface area contributed by atoms with E-state index in [1.54, 1.807) is 16.0 Å². The van der Waals surface area contributed by atoms with Crippen LogP contribution in [0.2, 0.25) is 0 Å². The number of fused-ring (bicyclic) bond motifs is 1. The number of amides is 3. The van der Waals surface area contributed by atoms with Crippen molar-refractivity contribution in [3.8, 4) is 0 Å². The van der Waals surface area contributed by atoms with E-state index in [0.29, 0.717) is 19.5 Å². The summed E-state index contributed by atoms with van der Waals surface area (Å²) in [6, 6.07) is 2.07. The summed E-state index contributed by atoms with van der Waals surface area (Å²) in [7, 11) is 0.